The molecule has 3 aromatic rings. The van der Waals surface area contributed by atoms with Gasteiger partial charge < -0.3 is 10.2 Å². The summed E-state index contributed by atoms with van der Waals surface area (Å²) in [6.07, 6.45) is 0. The van der Waals surface area contributed by atoms with Crippen molar-refractivity contribution in [1.82, 2.24) is 0 Å². The second-order valence-corrected chi connectivity index (χ2v) is 5.82. The van der Waals surface area contributed by atoms with Gasteiger partial charge in [0.2, 0.25) is 0 Å². The van der Waals surface area contributed by atoms with E-state index >= 15 is 0 Å². The van der Waals surface area contributed by atoms with Crippen LogP contribution in [0.4, 0.5) is 8.78 Å². The minimum Gasteiger partial charge on any atom is -0.459 e. The van der Waals surface area contributed by atoms with Gasteiger partial charge >= 0.3 is 0 Å². The summed E-state index contributed by atoms with van der Waals surface area (Å²) >= 11 is 3.05. The number of hydrogen-bond donors (Lipinski definition) is 1. The van der Waals surface area contributed by atoms with Gasteiger partial charge in [-0.3, -0.25) is 0 Å². The summed E-state index contributed by atoms with van der Waals surface area (Å²) in [6, 6.07) is 8.76. The Hall–Kier alpha value is -1.72. The van der Waals surface area contributed by atoms with Crippen LogP contribution >= 0.6 is 15.9 Å². The lowest BCUT2D eigenvalue weighted by molar-refractivity contribution is 0.486. The van der Waals surface area contributed by atoms with Gasteiger partial charge in [0.1, 0.15) is 23.0 Å². The summed E-state index contributed by atoms with van der Waals surface area (Å²) in [6.45, 7) is 1.90. The van der Waals surface area contributed by atoms with Crippen LogP contribution in [0.5, 0.6) is 0 Å². The summed E-state index contributed by atoms with van der Waals surface area (Å²) in [5, 5.41) is 0.860. The Balaban J connectivity index is 2.12. The van der Waals surface area contributed by atoms with Crippen LogP contribution in [0.15, 0.2) is 45.3 Å². The third-order valence-corrected chi connectivity index (χ3v) is 3.88. The van der Waals surface area contributed by atoms with E-state index in [0.717, 1.165) is 10.9 Å². The van der Waals surface area contributed by atoms with Crippen molar-refractivity contribution in [3.8, 4) is 0 Å². The van der Waals surface area contributed by atoms with Gasteiger partial charge in [-0.25, -0.2) is 8.78 Å². The Morgan fingerprint density at radius 3 is 2.43 bits per heavy atom. The maximum absolute atomic E-state index is 14.0. The first kappa shape index (κ1) is 14.2. The molecule has 1 atom stereocenters. The molecule has 1 aromatic heterocycles. The third kappa shape index (κ3) is 2.47. The summed E-state index contributed by atoms with van der Waals surface area (Å²) in [4.78, 5) is 0. The molecule has 0 saturated carbocycles. The van der Waals surface area contributed by atoms with Crippen LogP contribution in [-0.4, -0.2) is 0 Å². The lowest BCUT2D eigenvalue weighted by Crippen LogP contribution is -2.15. The molecule has 21 heavy (non-hydrogen) atoms. The van der Waals surface area contributed by atoms with Gasteiger partial charge in [0.25, 0.3) is 0 Å². The summed E-state index contributed by atoms with van der Waals surface area (Å²) < 4.78 is 34.0. The Labute approximate surface area is 128 Å². The van der Waals surface area contributed by atoms with Crippen molar-refractivity contribution in [2.45, 2.75) is 13.0 Å². The lowest BCUT2D eigenvalue weighted by Gasteiger charge is -2.12. The Morgan fingerprint density at radius 1 is 1.14 bits per heavy atom. The van der Waals surface area contributed by atoms with Crippen molar-refractivity contribution >= 4 is 26.9 Å². The number of furan rings is 1. The zero-order valence-electron chi connectivity index (χ0n) is 11.2. The first-order valence-electron chi connectivity index (χ1n) is 6.36. The quantitative estimate of drug-likeness (QED) is 0.718. The van der Waals surface area contributed by atoms with E-state index in [2.05, 4.69) is 15.9 Å². The van der Waals surface area contributed by atoms with Gasteiger partial charge in [0.15, 0.2) is 0 Å². The minimum absolute atomic E-state index is 0.199. The highest BCUT2D eigenvalue weighted by Gasteiger charge is 2.22. The number of hydrogen-bond acceptors (Lipinski definition) is 2. The SMILES string of the molecule is Cc1cccc2cc(C(N)c3c(F)cc(Br)cc3F)oc12. The number of aryl methyl sites for hydroxylation is 1. The van der Waals surface area contributed by atoms with E-state index in [4.69, 9.17) is 10.2 Å². The maximum Gasteiger partial charge on any atom is 0.137 e. The van der Waals surface area contributed by atoms with Crippen LogP contribution in [0.1, 0.15) is 22.9 Å². The van der Waals surface area contributed by atoms with Crippen LogP contribution in [0.2, 0.25) is 0 Å². The van der Waals surface area contributed by atoms with Crippen molar-refractivity contribution in [3.05, 3.63) is 69.4 Å². The third-order valence-electron chi connectivity index (χ3n) is 3.42. The second kappa shape index (κ2) is 5.24. The molecule has 0 aliphatic carbocycles. The van der Waals surface area contributed by atoms with Gasteiger partial charge in [-0.2, -0.15) is 0 Å². The molecular weight excluding hydrogens is 340 g/mol. The molecule has 0 aliphatic rings. The molecule has 0 saturated heterocycles. The van der Waals surface area contributed by atoms with E-state index < -0.39 is 17.7 Å². The molecule has 3 rings (SSSR count). The molecule has 5 heteroatoms. The molecule has 2 nitrogen and oxygen atoms in total. The average Bonchev–Trinajstić information content (AvgIpc) is 2.82. The number of halogens is 3. The number of fused-ring (bicyclic) bond motifs is 1. The van der Waals surface area contributed by atoms with Crippen molar-refractivity contribution in [1.29, 1.82) is 0 Å². The highest BCUT2D eigenvalue weighted by molar-refractivity contribution is 9.10. The van der Waals surface area contributed by atoms with Gasteiger partial charge in [-0.15, -0.1) is 0 Å². The van der Waals surface area contributed by atoms with Crippen LogP contribution in [0.3, 0.4) is 0 Å². The van der Waals surface area contributed by atoms with Crippen LogP contribution in [0, 0.1) is 18.6 Å². The molecule has 0 spiro atoms. The van der Waals surface area contributed by atoms with Crippen LogP contribution < -0.4 is 5.73 Å². The van der Waals surface area contributed by atoms with Gasteiger partial charge in [0.05, 0.1) is 6.04 Å². The standard InChI is InChI=1S/C16H12BrF2NO/c1-8-3-2-4-9-5-13(21-16(8)9)15(20)14-11(18)6-10(17)7-12(14)19/h2-7,15H,20H2,1H3. The number of benzene rings is 2. The topological polar surface area (TPSA) is 39.2 Å². The van der Waals surface area contributed by atoms with Crippen molar-refractivity contribution < 1.29 is 13.2 Å². The lowest BCUT2D eigenvalue weighted by atomic mass is 10.0. The smallest absolute Gasteiger partial charge is 0.137 e. The fraction of sp³-hybridized carbons (Fsp3) is 0.125. The van der Waals surface area contributed by atoms with Gasteiger partial charge in [-0.1, -0.05) is 34.1 Å². The van der Waals surface area contributed by atoms with Crippen molar-refractivity contribution in [3.63, 3.8) is 0 Å². The molecule has 108 valence electrons. The predicted octanol–water partition coefficient (Wildman–Crippen LogP) is 4.83. The minimum atomic E-state index is -0.995. The first-order chi connectivity index (χ1) is 9.97. The molecule has 0 amide bonds. The largest absolute Gasteiger partial charge is 0.459 e. The Kier molecular flexibility index (Phi) is 3.55. The maximum atomic E-state index is 14.0. The molecule has 1 heterocycles. The molecule has 0 bridgehead atoms. The second-order valence-electron chi connectivity index (χ2n) is 4.90. The van der Waals surface area contributed by atoms with E-state index in [1.54, 1.807) is 6.07 Å². The molecule has 2 N–H and O–H groups in total. The van der Waals surface area contributed by atoms with E-state index in [1.807, 2.05) is 25.1 Å². The monoisotopic (exact) mass is 351 g/mol. The van der Waals surface area contributed by atoms with E-state index in [9.17, 15) is 8.78 Å². The van der Waals surface area contributed by atoms with Gasteiger partial charge in [0, 0.05) is 15.4 Å². The van der Waals surface area contributed by atoms with E-state index in [0.29, 0.717) is 15.8 Å². The predicted molar refractivity (Wildman–Crippen MR) is 81.0 cm³/mol. The first-order valence-corrected chi connectivity index (χ1v) is 7.15. The average molecular weight is 352 g/mol. The van der Waals surface area contributed by atoms with Crippen molar-refractivity contribution in [2.75, 3.05) is 0 Å². The molecule has 0 radical (unpaired) electrons. The summed E-state index contributed by atoms with van der Waals surface area (Å²) in [5.74, 6) is -1.07. The molecule has 2 aromatic carbocycles. The van der Waals surface area contributed by atoms with Gasteiger partial charge in [-0.05, 0) is 30.7 Å². The highest BCUT2D eigenvalue weighted by Crippen LogP contribution is 2.32. The number of rotatable bonds is 2. The zero-order valence-corrected chi connectivity index (χ0v) is 12.7. The fourth-order valence-electron chi connectivity index (χ4n) is 2.37. The molecular formula is C16H12BrF2NO. The van der Waals surface area contributed by atoms with Crippen LogP contribution in [-0.2, 0) is 0 Å². The Morgan fingerprint density at radius 2 is 1.81 bits per heavy atom. The number of nitrogens with two attached hydrogens (primary N) is 1. The Bertz CT molecular complexity index is 805. The highest BCUT2D eigenvalue weighted by atomic mass is 79.9. The molecule has 0 aliphatic heterocycles. The van der Waals surface area contributed by atoms with Crippen molar-refractivity contribution in [2.24, 2.45) is 5.73 Å². The zero-order chi connectivity index (χ0) is 15.1. The fourth-order valence-corrected chi connectivity index (χ4v) is 2.78. The molecule has 1 unspecified atom stereocenters. The van der Waals surface area contributed by atoms with Crippen LogP contribution in [0.25, 0.3) is 11.0 Å². The summed E-state index contributed by atoms with van der Waals surface area (Å²) in [5.41, 5.74) is 7.42. The molecule has 0 fully saturated rings. The van der Waals surface area contributed by atoms with E-state index in [-0.39, 0.29) is 5.56 Å². The summed E-state index contributed by atoms with van der Waals surface area (Å²) in [7, 11) is 0. The van der Waals surface area contributed by atoms with E-state index in [1.165, 1.54) is 12.1 Å². The normalized spacial score (nSPS) is 12.8. The number of para-hydroxylation sites is 1.